The molecule has 2 aromatic carbocycles. The van der Waals surface area contributed by atoms with E-state index in [-0.39, 0.29) is 22.6 Å². The van der Waals surface area contributed by atoms with E-state index in [0.717, 1.165) is 55.8 Å². The van der Waals surface area contributed by atoms with Crippen LogP contribution in [-0.4, -0.2) is 24.6 Å². The first-order valence-corrected chi connectivity index (χ1v) is 15.0. The Morgan fingerprint density at radius 1 is 0.769 bits per heavy atom. The molecule has 0 fully saturated rings. The molecule has 0 saturated carbocycles. The summed E-state index contributed by atoms with van der Waals surface area (Å²) in [6.07, 6.45) is 13.0. The maximum atomic E-state index is 11.7. The second-order valence-corrected chi connectivity index (χ2v) is 12.2. The molecule has 6 rings (SSSR count). The maximum Gasteiger partial charge on any atom is 0.337 e. The van der Waals surface area contributed by atoms with Crippen LogP contribution >= 0.6 is 15.9 Å². The third-order valence-electron chi connectivity index (χ3n) is 9.66. The van der Waals surface area contributed by atoms with Gasteiger partial charge in [0.1, 0.15) is 0 Å². The van der Waals surface area contributed by atoms with Gasteiger partial charge < -0.3 is 4.74 Å². The molecule has 39 heavy (non-hydrogen) atoms. The van der Waals surface area contributed by atoms with E-state index in [1.807, 2.05) is 24.3 Å². The Morgan fingerprint density at radius 2 is 1.28 bits per heavy atom. The Hall–Kier alpha value is -2.79. The van der Waals surface area contributed by atoms with Crippen LogP contribution in [0.3, 0.4) is 0 Å². The highest BCUT2D eigenvalue weighted by molar-refractivity contribution is 9.10. The molecule has 0 aliphatic heterocycles. The minimum Gasteiger partial charge on any atom is -0.465 e. The molecular weight excluding hydrogens is 552 g/mol. The van der Waals surface area contributed by atoms with Gasteiger partial charge in [0.15, 0.2) is 11.6 Å². The van der Waals surface area contributed by atoms with Crippen LogP contribution in [0.1, 0.15) is 97.8 Å². The van der Waals surface area contributed by atoms with Gasteiger partial charge in [-0.05, 0) is 110 Å². The number of hydrogen-bond donors (Lipinski definition) is 0. The van der Waals surface area contributed by atoms with Crippen LogP contribution in [0.5, 0.6) is 0 Å². The van der Waals surface area contributed by atoms with E-state index in [9.17, 15) is 14.4 Å². The van der Waals surface area contributed by atoms with Crippen molar-refractivity contribution in [3.05, 3.63) is 92.0 Å². The van der Waals surface area contributed by atoms with Crippen molar-refractivity contribution in [3.63, 3.8) is 0 Å². The third-order valence-corrected chi connectivity index (χ3v) is 10.1. The summed E-state index contributed by atoms with van der Waals surface area (Å²) < 4.78 is 5.96. The first-order valence-electron chi connectivity index (χ1n) is 14.2. The van der Waals surface area contributed by atoms with Crippen molar-refractivity contribution in [1.29, 1.82) is 0 Å². The van der Waals surface area contributed by atoms with E-state index in [2.05, 4.69) is 54.0 Å². The number of hydrogen-bond acceptors (Lipinski definition) is 4. The summed E-state index contributed by atoms with van der Waals surface area (Å²) >= 11 is 3.56. The molecule has 4 aliphatic rings. The number of allylic oxidation sites excluding steroid dienone is 4. The Kier molecular flexibility index (Phi) is 7.83. The second-order valence-electron chi connectivity index (χ2n) is 11.3. The van der Waals surface area contributed by atoms with Crippen LogP contribution in [0.25, 0.3) is 0 Å². The fourth-order valence-corrected chi connectivity index (χ4v) is 7.93. The zero-order chi connectivity index (χ0) is 27.8. The Bertz CT molecular complexity index is 1400. The summed E-state index contributed by atoms with van der Waals surface area (Å²) in [5.41, 5.74) is 8.83. The monoisotopic (exact) mass is 588 g/mol. The van der Waals surface area contributed by atoms with E-state index in [4.69, 9.17) is 4.74 Å². The molecule has 2 aromatic rings. The lowest BCUT2D eigenvalue weighted by Crippen LogP contribution is -2.36. The van der Waals surface area contributed by atoms with Gasteiger partial charge in [-0.1, -0.05) is 53.1 Å². The number of rotatable bonds is 3. The number of benzene rings is 2. The summed E-state index contributed by atoms with van der Waals surface area (Å²) in [6.45, 7) is 4.44. The van der Waals surface area contributed by atoms with Crippen molar-refractivity contribution in [3.8, 4) is 0 Å². The van der Waals surface area contributed by atoms with Crippen LogP contribution in [0.4, 0.5) is 0 Å². The first-order chi connectivity index (χ1) is 18.8. The molecule has 0 aromatic heterocycles. The molecule has 0 unspecified atom stereocenters. The zero-order valence-electron chi connectivity index (χ0n) is 23.2. The number of halogens is 1. The zero-order valence-corrected chi connectivity index (χ0v) is 24.8. The first kappa shape index (κ1) is 27.8. The summed E-state index contributed by atoms with van der Waals surface area (Å²) in [6, 6.07) is 12.5. The van der Waals surface area contributed by atoms with Crippen LogP contribution in [-0.2, 0) is 38.0 Å². The smallest absolute Gasteiger partial charge is 0.337 e. The summed E-state index contributed by atoms with van der Waals surface area (Å²) in [5, 5.41) is 0. The van der Waals surface area contributed by atoms with Gasteiger partial charge in [-0.3, -0.25) is 9.59 Å². The molecule has 4 aliphatic carbocycles. The average Bonchev–Trinajstić information content (AvgIpc) is 2.96. The summed E-state index contributed by atoms with van der Waals surface area (Å²) in [5.74, 6) is 0.279. The molecule has 0 bridgehead atoms. The highest BCUT2D eigenvalue weighted by Gasteiger charge is 2.42. The van der Waals surface area contributed by atoms with Gasteiger partial charge in [-0.15, -0.1) is 0 Å². The lowest BCUT2D eigenvalue weighted by molar-refractivity contribution is -0.116. The number of aryl methyl sites for hydroxylation is 2. The normalized spacial score (nSPS) is 25.0. The molecular formula is C34H37BrO4. The molecule has 0 radical (unpaired) electrons. The number of carbonyl (C=O) groups excluding carboxylic acids is 3. The van der Waals surface area contributed by atoms with E-state index < -0.39 is 0 Å². The van der Waals surface area contributed by atoms with Gasteiger partial charge in [0.25, 0.3) is 0 Å². The third kappa shape index (κ3) is 4.88. The number of ketones is 2. The average molecular weight is 590 g/mol. The molecule has 0 heterocycles. The predicted octanol–water partition coefficient (Wildman–Crippen LogP) is 7.69. The SMILES string of the molecule is CC[C@@]12CCC(=O)C=C1CCc1cc(Br)ccc12.CC[C@@]12CCC(=O)C=C1CCc1cc(C(=O)OC)ccc12. The van der Waals surface area contributed by atoms with Crippen LogP contribution in [0.2, 0.25) is 0 Å². The summed E-state index contributed by atoms with van der Waals surface area (Å²) in [4.78, 5) is 35.1. The molecule has 204 valence electrons. The Morgan fingerprint density at radius 3 is 1.79 bits per heavy atom. The van der Waals surface area contributed by atoms with Gasteiger partial charge in [0.05, 0.1) is 12.7 Å². The van der Waals surface area contributed by atoms with Crippen molar-refractivity contribution in [1.82, 2.24) is 0 Å². The van der Waals surface area contributed by atoms with E-state index in [1.165, 1.54) is 40.5 Å². The molecule has 0 N–H and O–H groups in total. The van der Waals surface area contributed by atoms with Gasteiger partial charge in [-0.2, -0.15) is 0 Å². The molecule has 0 spiro atoms. The number of methoxy groups -OCH3 is 1. The van der Waals surface area contributed by atoms with E-state index in [0.29, 0.717) is 24.2 Å². The fourth-order valence-electron chi connectivity index (χ4n) is 7.52. The minimum atomic E-state index is -0.288. The van der Waals surface area contributed by atoms with Crippen LogP contribution in [0, 0.1) is 0 Å². The van der Waals surface area contributed by atoms with Gasteiger partial charge in [-0.25, -0.2) is 4.79 Å². The second kappa shape index (κ2) is 11.0. The molecule has 2 atom stereocenters. The molecule has 0 amide bonds. The molecule has 4 nitrogen and oxygen atoms in total. The van der Waals surface area contributed by atoms with Crippen LogP contribution < -0.4 is 0 Å². The highest BCUT2D eigenvalue weighted by Crippen LogP contribution is 2.50. The predicted molar refractivity (Wildman–Crippen MR) is 157 cm³/mol. The number of ether oxygens (including phenoxy) is 1. The van der Waals surface area contributed by atoms with Gasteiger partial charge in [0, 0.05) is 28.1 Å². The van der Waals surface area contributed by atoms with Gasteiger partial charge in [0.2, 0.25) is 0 Å². The molecule has 5 heteroatoms. The lowest BCUT2D eigenvalue weighted by atomic mass is 9.60. The van der Waals surface area contributed by atoms with Crippen molar-refractivity contribution < 1.29 is 19.1 Å². The number of esters is 1. The number of fused-ring (bicyclic) bond motifs is 6. The van der Waals surface area contributed by atoms with Gasteiger partial charge >= 0.3 is 5.97 Å². The minimum absolute atomic E-state index is 0.00383. The van der Waals surface area contributed by atoms with Crippen LogP contribution in [0.15, 0.2) is 64.2 Å². The maximum absolute atomic E-state index is 11.7. The Balaban J connectivity index is 0.000000160. The van der Waals surface area contributed by atoms with E-state index in [1.54, 1.807) is 0 Å². The largest absolute Gasteiger partial charge is 0.465 e. The standard InChI is InChI=1S/C18H20O3.C16H17BrO/c1-3-18-9-8-15(19)11-14(18)6-4-12-10-13(17(20)21-2)5-7-16(12)18;1-2-16-8-7-14(18)10-12(16)4-3-11-9-13(17)5-6-15(11)16/h5,7,10-11H,3-4,6,8-9H2,1-2H3;5-6,9-10H,2-4,7-8H2,1H3/t18-;16-/m11/s1. The summed E-state index contributed by atoms with van der Waals surface area (Å²) in [7, 11) is 1.41. The lowest BCUT2D eigenvalue weighted by Gasteiger charge is -2.43. The van der Waals surface area contributed by atoms with Crippen molar-refractivity contribution >= 4 is 33.5 Å². The quantitative estimate of drug-likeness (QED) is 0.345. The van der Waals surface area contributed by atoms with Crippen molar-refractivity contribution in [2.45, 2.75) is 88.9 Å². The van der Waals surface area contributed by atoms with Crippen molar-refractivity contribution in [2.75, 3.05) is 7.11 Å². The van der Waals surface area contributed by atoms with Crippen molar-refractivity contribution in [2.24, 2.45) is 0 Å². The number of carbonyl (C=O) groups is 3. The molecule has 0 saturated heterocycles. The topological polar surface area (TPSA) is 60.4 Å². The Labute approximate surface area is 240 Å². The highest BCUT2D eigenvalue weighted by atomic mass is 79.9. The fraction of sp³-hybridized carbons (Fsp3) is 0.441. The van der Waals surface area contributed by atoms with E-state index >= 15 is 0 Å².